The molecule has 2 aromatic carbocycles. The van der Waals surface area contributed by atoms with E-state index in [1.807, 2.05) is 30.3 Å². The second-order valence-electron chi connectivity index (χ2n) is 5.17. The van der Waals surface area contributed by atoms with Crippen LogP contribution >= 0.6 is 23.1 Å². The van der Waals surface area contributed by atoms with Crippen molar-refractivity contribution in [3.63, 3.8) is 0 Å². The molecule has 0 saturated carbocycles. The number of aromatic nitrogens is 5. The summed E-state index contributed by atoms with van der Waals surface area (Å²) >= 11 is 2.79. The Balaban J connectivity index is 1.59. The number of hydrogen-bond acceptors (Lipinski definition) is 7. The number of carboxylic acid groups (broad SMARTS) is 1. The van der Waals surface area contributed by atoms with Gasteiger partial charge in [-0.1, -0.05) is 30.3 Å². The first-order valence-corrected chi connectivity index (χ1v) is 8.94. The molecule has 0 atom stereocenters. The molecular formula is C16H11N5O2S2. The molecular weight excluding hydrogens is 358 g/mol. The lowest BCUT2D eigenvalue weighted by molar-refractivity contribution is 0.0697. The van der Waals surface area contributed by atoms with Gasteiger partial charge in [-0.25, -0.2) is 14.5 Å². The molecule has 2 aromatic heterocycles. The summed E-state index contributed by atoms with van der Waals surface area (Å²) < 4.78 is 3.31. The Kier molecular flexibility index (Phi) is 4.16. The molecule has 0 fully saturated rings. The molecule has 0 saturated heterocycles. The quantitative estimate of drug-likeness (QED) is 0.577. The van der Waals surface area contributed by atoms with Crippen LogP contribution in [0.5, 0.6) is 0 Å². The summed E-state index contributed by atoms with van der Waals surface area (Å²) in [4.78, 5) is 15.6. The van der Waals surface area contributed by atoms with Crippen molar-refractivity contribution in [1.29, 1.82) is 0 Å². The smallest absolute Gasteiger partial charge is 0.335 e. The largest absolute Gasteiger partial charge is 0.478 e. The van der Waals surface area contributed by atoms with E-state index >= 15 is 0 Å². The molecule has 25 heavy (non-hydrogen) atoms. The first kappa shape index (κ1) is 15.7. The summed E-state index contributed by atoms with van der Waals surface area (Å²) in [5.74, 6) is -0.948. The van der Waals surface area contributed by atoms with Gasteiger partial charge in [-0.3, -0.25) is 0 Å². The van der Waals surface area contributed by atoms with E-state index in [0.717, 1.165) is 20.1 Å². The number of hydrogen-bond donors (Lipinski definition) is 1. The number of carboxylic acids is 1. The maximum Gasteiger partial charge on any atom is 0.335 e. The standard InChI is InChI=1S/C16H11N5O2S2/c22-14(23)11-6-7-12-13(8-11)24-16(17-12)25-15-18-19-20-21(15)9-10-4-2-1-3-5-10/h1-8H,9H2,(H,22,23). The van der Waals surface area contributed by atoms with E-state index in [0.29, 0.717) is 11.7 Å². The third-order valence-electron chi connectivity index (χ3n) is 3.47. The predicted octanol–water partition coefficient (Wildman–Crippen LogP) is 3.18. The molecule has 0 spiro atoms. The van der Waals surface area contributed by atoms with Crippen molar-refractivity contribution in [1.82, 2.24) is 25.2 Å². The minimum absolute atomic E-state index is 0.251. The van der Waals surface area contributed by atoms with Gasteiger partial charge in [-0.05, 0) is 46.0 Å². The Bertz CT molecular complexity index is 1050. The number of carbonyl (C=O) groups is 1. The van der Waals surface area contributed by atoms with Gasteiger partial charge in [-0.2, -0.15) is 0 Å². The molecule has 0 amide bonds. The van der Waals surface area contributed by atoms with Crippen LogP contribution in [-0.2, 0) is 6.54 Å². The molecule has 1 N–H and O–H groups in total. The molecule has 0 aliphatic heterocycles. The van der Waals surface area contributed by atoms with Crippen molar-refractivity contribution in [3.05, 3.63) is 59.7 Å². The Labute approximate surface area is 150 Å². The SMILES string of the molecule is O=C(O)c1ccc2nc(Sc3nnnn3Cc3ccccc3)sc2c1. The van der Waals surface area contributed by atoms with Crippen LogP contribution in [-0.4, -0.2) is 36.3 Å². The van der Waals surface area contributed by atoms with Crippen molar-refractivity contribution in [3.8, 4) is 0 Å². The summed E-state index contributed by atoms with van der Waals surface area (Å²) in [6.07, 6.45) is 0. The molecule has 0 radical (unpaired) electrons. The zero-order valence-electron chi connectivity index (χ0n) is 12.7. The third-order valence-corrected chi connectivity index (χ3v) is 5.52. The van der Waals surface area contributed by atoms with Crippen molar-refractivity contribution in [2.75, 3.05) is 0 Å². The van der Waals surface area contributed by atoms with Gasteiger partial charge in [0.05, 0.1) is 22.3 Å². The maximum atomic E-state index is 11.1. The van der Waals surface area contributed by atoms with Crippen LogP contribution in [0.4, 0.5) is 0 Å². The van der Waals surface area contributed by atoms with Crippen LogP contribution in [0.3, 0.4) is 0 Å². The van der Waals surface area contributed by atoms with Crippen LogP contribution < -0.4 is 0 Å². The van der Waals surface area contributed by atoms with Gasteiger partial charge in [-0.15, -0.1) is 16.4 Å². The molecule has 0 aliphatic carbocycles. The Morgan fingerprint density at radius 1 is 1.20 bits per heavy atom. The summed E-state index contributed by atoms with van der Waals surface area (Å²) in [6.45, 7) is 0.574. The molecule has 124 valence electrons. The topological polar surface area (TPSA) is 93.8 Å². The van der Waals surface area contributed by atoms with Crippen LogP contribution in [0, 0.1) is 0 Å². The van der Waals surface area contributed by atoms with Crippen molar-refractivity contribution in [2.45, 2.75) is 16.0 Å². The Hall–Kier alpha value is -2.78. The molecule has 9 heteroatoms. The number of thiazole rings is 1. The van der Waals surface area contributed by atoms with Gasteiger partial charge < -0.3 is 5.11 Å². The summed E-state index contributed by atoms with van der Waals surface area (Å²) in [7, 11) is 0. The molecule has 2 heterocycles. The lowest BCUT2D eigenvalue weighted by Crippen LogP contribution is -2.03. The van der Waals surface area contributed by atoms with Crippen molar-refractivity contribution < 1.29 is 9.90 Å². The summed E-state index contributed by atoms with van der Waals surface area (Å²) in [6, 6.07) is 14.8. The summed E-state index contributed by atoms with van der Waals surface area (Å²) in [5, 5.41) is 21.6. The number of rotatable bonds is 5. The first-order valence-electron chi connectivity index (χ1n) is 7.31. The Morgan fingerprint density at radius 3 is 2.84 bits per heavy atom. The zero-order valence-corrected chi connectivity index (χ0v) is 14.4. The highest BCUT2D eigenvalue weighted by molar-refractivity contribution is 8.01. The fraction of sp³-hybridized carbons (Fsp3) is 0.0625. The van der Waals surface area contributed by atoms with E-state index in [1.165, 1.54) is 23.1 Å². The van der Waals surface area contributed by atoms with Gasteiger partial charge in [0.15, 0.2) is 4.34 Å². The van der Waals surface area contributed by atoms with E-state index in [1.54, 1.807) is 22.9 Å². The maximum absolute atomic E-state index is 11.1. The highest BCUT2D eigenvalue weighted by Gasteiger charge is 2.13. The lowest BCUT2D eigenvalue weighted by Gasteiger charge is -2.02. The van der Waals surface area contributed by atoms with E-state index in [9.17, 15) is 4.79 Å². The van der Waals surface area contributed by atoms with Crippen molar-refractivity contribution in [2.24, 2.45) is 0 Å². The van der Waals surface area contributed by atoms with Crippen LogP contribution in [0.2, 0.25) is 0 Å². The van der Waals surface area contributed by atoms with E-state index in [2.05, 4.69) is 20.5 Å². The zero-order chi connectivity index (χ0) is 17.2. The Morgan fingerprint density at radius 2 is 2.04 bits per heavy atom. The number of aromatic carboxylic acids is 1. The molecule has 0 bridgehead atoms. The number of benzene rings is 2. The fourth-order valence-electron chi connectivity index (χ4n) is 2.28. The second-order valence-corrected chi connectivity index (χ2v) is 7.42. The molecule has 0 aliphatic rings. The molecule has 4 aromatic rings. The minimum Gasteiger partial charge on any atom is -0.478 e. The van der Waals surface area contributed by atoms with Crippen molar-refractivity contribution >= 4 is 39.3 Å². The van der Waals surface area contributed by atoms with E-state index in [4.69, 9.17) is 5.11 Å². The van der Waals surface area contributed by atoms with E-state index < -0.39 is 5.97 Å². The third kappa shape index (κ3) is 3.37. The molecule has 7 nitrogen and oxygen atoms in total. The number of fused-ring (bicyclic) bond motifs is 1. The average Bonchev–Trinajstić information content (AvgIpc) is 3.21. The summed E-state index contributed by atoms with van der Waals surface area (Å²) in [5.41, 5.74) is 2.12. The van der Waals surface area contributed by atoms with Gasteiger partial charge in [0, 0.05) is 0 Å². The minimum atomic E-state index is -0.948. The predicted molar refractivity (Wildman–Crippen MR) is 94.1 cm³/mol. The normalized spacial score (nSPS) is 11.0. The van der Waals surface area contributed by atoms with Crippen LogP contribution in [0.1, 0.15) is 15.9 Å². The van der Waals surface area contributed by atoms with Crippen LogP contribution in [0.15, 0.2) is 58.0 Å². The van der Waals surface area contributed by atoms with Crippen LogP contribution in [0.25, 0.3) is 10.2 Å². The van der Waals surface area contributed by atoms with Gasteiger partial charge >= 0.3 is 5.97 Å². The highest BCUT2D eigenvalue weighted by Crippen LogP contribution is 2.33. The van der Waals surface area contributed by atoms with E-state index in [-0.39, 0.29) is 5.56 Å². The fourth-order valence-corrected chi connectivity index (χ4v) is 4.26. The molecule has 0 unspecified atom stereocenters. The molecule has 4 rings (SSSR count). The average molecular weight is 369 g/mol. The second kappa shape index (κ2) is 6.61. The van der Waals surface area contributed by atoms with Gasteiger partial charge in [0.1, 0.15) is 0 Å². The monoisotopic (exact) mass is 369 g/mol. The van der Waals surface area contributed by atoms with Gasteiger partial charge in [0.25, 0.3) is 0 Å². The lowest BCUT2D eigenvalue weighted by atomic mass is 10.2. The number of nitrogens with zero attached hydrogens (tertiary/aromatic N) is 5. The highest BCUT2D eigenvalue weighted by atomic mass is 32.2. The first-order chi connectivity index (χ1) is 12.2. The van der Waals surface area contributed by atoms with Gasteiger partial charge in [0.2, 0.25) is 5.16 Å². The number of tetrazole rings is 1.